The van der Waals surface area contributed by atoms with E-state index in [4.69, 9.17) is 14.2 Å². The van der Waals surface area contributed by atoms with E-state index < -0.39 is 10.0 Å². The Hall–Kier alpha value is -2.69. The number of benzene rings is 1. The van der Waals surface area contributed by atoms with Gasteiger partial charge in [0, 0.05) is 45.2 Å². The number of ether oxygens (including phenoxy) is 3. The van der Waals surface area contributed by atoms with Crippen LogP contribution in [-0.4, -0.2) is 82.6 Å². The average molecular weight is 442 g/mol. The first-order chi connectivity index (χ1) is 14.3. The fourth-order valence-electron chi connectivity index (χ4n) is 3.41. The number of carbonyl (C=O) groups is 2. The average Bonchev–Trinajstić information content (AvgIpc) is 3.18. The molecule has 0 atom stereocenters. The van der Waals surface area contributed by atoms with Crippen LogP contribution in [0.3, 0.4) is 0 Å². The quantitative estimate of drug-likeness (QED) is 0.627. The van der Waals surface area contributed by atoms with Crippen LogP contribution in [0.15, 0.2) is 18.2 Å². The van der Waals surface area contributed by atoms with Gasteiger partial charge in [0.1, 0.15) is 0 Å². The van der Waals surface area contributed by atoms with Crippen LogP contribution in [0.2, 0.25) is 0 Å². The van der Waals surface area contributed by atoms with E-state index in [-0.39, 0.29) is 31.8 Å². The second-order valence-electron chi connectivity index (χ2n) is 7.04. The molecule has 0 radical (unpaired) electrons. The number of anilines is 1. The van der Waals surface area contributed by atoms with Crippen LogP contribution >= 0.6 is 0 Å². The number of hydrogen-bond acceptors (Lipinski definition) is 7. The standard InChI is InChI=1S/C19H27N3O7S/c1-3-27-19(24)21-11-9-20(10-12-21)18(23)5-4-8-22(30(2,25)26)15-6-7-16-17(13-15)29-14-28-16/h6-7,13H,3-5,8-12,14H2,1-2H3. The molecule has 2 aliphatic rings. The molecule has 0 saturated carbocycles. The summed E-state index contributed by atoms with van der Waals surface area (Å²) in [5.74, 6) is 1.01. The van der Waals surface area contributed by atoms with Crippen molar-refractivity contribution in [1.29, 1.82) is 0 Å². The summed E-state index contributed by atoms with van der Waals surface area (Å²) in [5, 5.41) is 0. The summed E-state index contributed by atoms with van der Waals surface area (Å²) in [7, 11) is -3.53. The Kier molecular flexibility index (Phi) is 6.91. The van der Waals surface area contributed by atoms with Gasteiger partial charge in [0.2, 0.25) is 22.7 Å². The van der Waals surface area contributed by atoms with Crippen LogP contribution in [0.1, 0.15) is 19.8 Å². The normalized spacial score (nSPS) is 15.8. The van der Waals surface area contributed by atoms with Gasteiger partial charge in [-0.1, -0.05) is 0 Å². The maximum atomic E-state index is 12.5. The minimum absolute atomic E-state index is 0.0577. The fraction of sp³-hybridized carbons (Fsp3) is 0.579. The summed E-state index contributed by atoms with van der Waals surface area (Å²) in [4.78, 5) is 27.5. The highest BCUT2D eigenvalue weighted by atomic mass is 32.2. The molecule has 0 bridgehead atoms. The number of sulfonamides is 1. The Morgan fingerprint density at radius 2 is 1.77 bits per heavy atom. The summed E-state index contributed by atoms with van der Waals surface area (Å²) in [6.45, 7) is 4.08. The molecule has 0 unspecified atom stereocenters. The number of hydrogen-bond donors (Lipinski definition) is 0. The van der Waals surface area contributed by atoms with Crippen molar-refractivity contribution in [3.05, 3.63) is 18.2 Å². The van der Waals surface area contributed by atoms with Gasteiger partial charge in [-0.15, -0.1) is 0 Å². The van der Waals surface area contributed by atoms with Crippen molar-refractivity contribution in [1.82, 2.24) is 9.80 Å². The number of nitrogens with zero attached hydrogens (tertiary/aromatic N) is 3. The first-order valence-corrected chi connectivity index (χ1v) is 11.7. The minimum atomic E-state index is -3.53. The van der Waals surface area contributed by atoms with Crippen LogP contribution in [0.4, 0.5) is 10.5 Å². The van der Waals surface area contributed by atoms with Crippen LogP contribution in [0, 0.1) is 0 Å². The van der Waals surface area contributed by atoms with Gasteiger partial charge in [0.05, 0.1) is 18.6 Å². The highest BCUT2D eigenvalue weighted by molar-refractivity contribution is 7.92. The Bertz CT molecular complexity index is 882. The molecule has 0 spiro atoms. The Morgan fingerprint density at radius 3 is 2.43 bits per heavy atom. The molecule has 10 nitrogen and oxygen atoms in total. The van der Waals surface area contributed by atoms with Gasteiger partial charge in [0.15, 0.2) is 11.5 Å². The topological polar surface area (TPSA) is 106 Å². The summed E-state index contributed by atoms with van der Waals surface area (Å²) < 4.78 is 41.4. The van der Waals surface area contributed by atoms with Crippen LogP contribution in [0.25, 0.3) is 0 Å². The van der Waals surface area contributed by atoms with Crippen molar-refractivity contribution in [2.24, 2.45) is 0 Å². The SMILES string of the molecule is CCOC(=O)N1CCN(C(=O)CCCN(c2ccc3c(c2)OCO3)S(C)(=O)=O)CC1. The van der Waals surface area contributed by atoms with Gasteiger partial charge in [-0.05, 0) is 25.5 Å². The van der Waals surface area contributed by atoms with E-state index in [2.05, 4.69) is 0 Å². The zero-order valence-corrected chi connectivity index (χ0v) is 18.0. The zero-order chi connectivity index (χ0) is 21.7. The van der Waals surface area contributed by atoms with E-state index in [1.165, 1.54) is 4.31 Å². The molecule has 1 fully saturated rings. The van der Waals surface area contributed by atoms with E-state index in [0.717, 1.165) is 6.26 Å². The fourth-order valence-corrected chi connectivity index (χ4v) is 4.37. The number of amides is 2. The van der Waals surface area contributed by atoms with Crippen molar-refractivity contribution in [3.63, 3.8) is 0 Å². The van der Waals surface area contributed by atoms with E-state index in [1.54, 1.807) is 34.9 Å². The van der Waals surface area contributed by atoms with E-state index >= 15 is 0 Å². The van der Waals surface area contributed by atoms with Crippen molar-refractivity contribution in [3.8, 4) is 11.5 Å². The lowest BCUT2D eigenvalue weighted by atomic mass is 10.2. The number of fused-ring (bicyclic) bond motifs is 1. The van der Waals surface area contributed by atoms with E-state index in [9.17, 15) is 18.0 Å². The van der Waals surface area contributed by atoms with E-state index in [0.29, 0.717) is 56.4 Å². The molecule has 1 aromatic carbocycles. The molecule has 0 N–H and O–H groups in total. The molecule has 0 aliphatic carbocycles. The number of rotatable bonds is 7. The van der Waals surface area contributed by atoms with Gasteiger partial charge >= 0.3 is 6.09 Å². The van der Waals surface area contributed by atoms with Crippen LogP contribution in [0.5, 0.6) is 11.5 Å². The second-order valence-corrected chi connectivity index (χ2v) is 8.95. The first-order valence-electron chi connectivity index (χ1n) is 9.86. The van der Waals surface area contributed by atoms with Crippen LogP contribution < -0.4 is 13.8 Å². The van der Waals surface area contributed by atoms with Gasteiger partial charge in [-0.3, -0.25) is 9.10 Å². The molecule has 2 amide bonds. The lowest BCUT2D eigenvalue weighted by Gasteiger charge is -2.34. The lowest BCUT2D eigenvalue weighted by molar-refractivity contribution is -0.132. The maximum Gasteiger partial charge on any atom is 0.409 e. The van der Waals surface area contributed by atoms with Crippen molar-refractivity contribution in [2.75, 3.05) is 56.7 Å². The molecular formula is C19H27N3O7S. The Morgan fingerprint density at radius 1 is 1.10 bits per heavy atom. The molecular weight excluding hydrogens is 414 g/mol. The van der Waals surface area contributed by atoms with Crippen molar-refractivity contribution in [2.45, 2.75) is 19.8 Å². The molecule has 166 valence electrons. The summed E-state index contributed by atoms with van der Waals surface area (Å²) in [5.41, 5.74) is 0.470. The van der Waals surface area contributed by atoms with Crippen molar-refractivity contribution < 1.29 is 32.2 Å². The third-order valence-corrected chi connectivity index (χ3v) is 6.15. The minimum Gasteiger partial charge on any atom is -0.454 e. The Labute approximate surface area is 176 Å². The first kappa shape index (κ1) is 22.0. The summed E-state index contributed by atoms with van der Waals surface area (Å²) in [6.07, 6.45) is 1.36. The molecule has 1 saturated heterocycles. The molecule has 11 heteroatoms. The molecule has 30 heavy (non-hydrogen) atoms. The number of carbonyl (C=O) groups excluding carboxylic acids is 2. The predicted octanol–water partition coefficient (Wildman–Crippen LogP) is 1.26. The summed E-state index contributed by atoms with van der Waals surface area (Å²) >= 11 is 0. The zero-order valence-electron chi connectivity index (χ0n) is 17.2. The highest BCUT2D eigenvalue weighted by Crippen LogP contribution is 2.36. The highest BCUT2D eigenvalue weighted by Gasteiger charge is 2.26. The van der Waals surface area contributed by atoms with Gasteiger partial charge in [-0.2, -0.15) is 0 Å². The van der Waals surface area contributed by atoms with Gasteiger partial charge in [0.25, 0.3) is 0 Å². The molecule has 2 heterocycles. The predicted molar refractivity (Wildman–Crippen MR) is 109 cm³/mol. The maximum absolute atomic E-state index is 12.5. The van der Waals surface area contributed by atoms with Crippen LogP contribution in [-0.2, 0) is 19.6 Å². The smallest absolute Gasteiger partial charge is 0.409 e. The number of piperazine rings is 1. The molecule has 3 rings (SSSR count). The largest absolute Gasteiger partial charge is 0.454 e. The summed E-state index contributed by atoms with van der Waals surface area (Å²) in [6, 6.07) is 4.95. The third kappa shape index (κ3) is 5.26. The van der Waals surface area contributed by atoms with Gasteiger partial charge < -0.3 is 24.0 Å². The van der Waals surface area contributed by atoms with Crippen molar-refractivity contribution >= 4 is 27.7 Å². The molecule has 2 aliphatic heterocycles. The molecule has 1 aromatic rings. The third-order valence-electron chi connectivity index (χ3n) is 4.95. The molecule has 0 aromatic heterocycles. The lowest BCUT2D eigenvalue weighted by Crippen LogP contribution is -2.50. The van der Waals surface area contributed by atoms with Gasteiger partial charge in [-0.25, -0.2) is 13.2 Å². The monoisotopic (exact) mass is 441 g/mol. The van der Waals surface area contributed by atoms with E-state index in [1.807, 2.05) is 0 Å². The second kappa shape index (κ2) is 9.41. The Balaban J connectivity index is 1.52.